The van der Waals surface area contributed by atoms with Gasteiger partial charge >= 0.3 is 5.97 Å². The first-order valence-electron chi connectivity index (χ1n) is 22.6. The van der Waals surface area contributed by atoms with E-state index >= 15 is 35.1 Å². The Hall–Kier alpha value is -8.01. The van der Waals surface area contributed by atoms with Crippen molar-refractivity contribution in [1.82, 2.24) is 0 Å². The molecule has 0 aromatic heterocycles. The molecule has 0 amide bonds. The molecule has 0 heterocycles. The highest BCUT2D eigenvalue weighted by Crippen LogP contribution is 2.55. The average Bonchev–Trinajstić information content (AvgIpc) is 3.44. The van der Waals surface area contributed by atoms with Crippen LogP contribution in [0.3, 0.4) is 0 Å². The zero-order chi connectivity index (χ0) is 59.2. The minimum absolute atomic E-state index is 0.0469. The van der Waals surface area contributed by atoms with E-state index < -0.39 is 163 Å². The van der Waals surface area contributed by atoms with E-state index in [1.54, 1.807) is 24.3 Å². The van der Waals surface area contributed by atoms with Gasteiger partial charge < -0.3 is 4.74 Å². The zero-order valence-electron chi connectivity index (χ0n) is 40.5. The second-order valence-electron chi connectivity index (χ2n) is 18.3. The largest absolute Gasteiger partial charge is 0.456 e. The first-order valence-corrected chi connectivity index (χ1v) is 24.6. The Balaban J connectivity index is 0.000000238. The van der Waals surface area contributed by atoms with E-state index in [9.17, 15) is 62.3 Å². The van der Waals surface area contributed by atoms with Crippen molar-refractivity contribution in [2.24, 2.45) is 0 Å². The van der Waals surface area contributed by atoms with Crippen LogP contribution in [0.15, 0.2) is 115 Å². The molecule has 8 aromatic rings. The standard InChI is InChI=1S/C31H30O3P.C24BF20/c1-31(2,3)34-30(33)25-21-19-24(20-22-25)29(32)23-35(26-13-7-4-8-14-26,27-15-9-5-10-16-27)28-17-11-6-12-18-28;26-5-1(6(27)14(35)21(42)13(5)34)25(2-7(28)15(36)22(43)16(37)8(2)29,3-9(30)17(38)23(44)18(39)10(3)31)4-11(32)19(40)24(45)20(41)12(4)33/h4-22H,23H2,1-3H3;/q+1;-1. The SMILES string of the molecule is CC(C)(C)OC(=O)c1ccc(C(=O)C[P+](c2ccccc2)(c2ccccc2)c2ccccc2)cc1.Fc1c(F)c(F)c([B-](c2c(F)c(F)c(F)c(F)c2F)(c2c(F)c(F)c(F)c(F)c2F)c2c(F)c(F)c(F)c(F)c2F)c(F)c1F. The summed E-state index contributed by atoms with van der Waals surface area (Å²) in [5.41, 5.74) is -13.9. The number of hydrogen-bond donors (Lipinski definition) is 0. The van der Waals surface area contributed by atoms with Crippen molar-refractivity contribution >= 4 is 62.9 Å². The molecule has 80 heavy (non-hydrogen) atoms. The summed E-state index contributed by atoms with van der Waals surface area (Å²) in [5.74, 6) is -71.8. The third kappa shape index (κ3) is 10.1. The molecule has 0 fully saturated rings. The molecule has 416 valence electrons. The normalized spacial score (nSPS) is 11.8. The molecule has 0 bridgehead atoms. The van der Waals surface area contributed by atoms with Crippen molar-refractivity contribution in [3.63, 3.8) is 0 Å². The van der Waals surface area contributed by atoms with Crippen LogP contribution in [0, 0.1) is 116 Å². The third-order valence-electron chi connectivity index (χ3n) is 12.5. The molecular formula is C55H30BF20O3P. The van der Waals surface area contributed by atoms with Gasteiger partial charge in [-0.3, -0.25) is 4.79 Å². The van der Waals surface area contributed by atoms with Gasteiger partial charge in [0.05, 0.1) is 5.56 Å². The fourth-order valence-electron chi connectivity index (χ4n) is 9.08. The van der Waals surface area contributed by atoms with Gasteiger partial charge in [-0.1, -0.05) is 66.7 Å². The quantitative estimate of drug-likeness (QED) is 0.0247. The summed E-state index contributed by atoms with van der Waals surface area (Å²) in [5, 5.41) is 3.49. The molecule has 8 aromatic carbocycles. The Morgan fingerprint density at radius 3 is 0.775 bits per heavy atom. The minimum atomic E-state index is -7.22. The summed E-state index contributed by atoms with van der Waals surface area (Å²) in [6.07, 6.45) is -6.86. The highest BCUT2D eigenvalue weighted by molar-refractivity contribution is 7.96. The van der Waals surface area contributed by atoms with Gasteiger partial charge in [0, 0.05) is 5.56 Å². The van der Waals surface area contributed by atoms with Crippen LogP contribution in [0.5, 0.6) is 0 Å². The Morgan fingerprint density at radius 2 is 0.550 bits per heavy atom. The number of ketones is 1. The molecule has 0 saturated heterocycles. The summed E-state index contributed by atoms with van der Waals surface area (Å²) in [7, 11) is -2.27. The molecule has 3 nitrogen and oxygen atoms in total. The van der Waals surface area contributed by atoms with Crippen LogP contribution in [0.4, 0.5) is 87.8 Å². The smallest absolute Gasteiger partial charge is 0.338 e. The number of esters is 1. The minimum Gasteiger partial charge on any atom is -0.456 e. The van der Waals surface area contributed by atoms with Crippen molar-refractivity contribution in [2.45, 2.75) is 26.4 Å². The predicted octanol–water partition coefficient (Wildman–Crippen LogP) is 11.7. The van der Waals surface area contributed by atoms with Gasteiger partial charge in [-0.25, -0.2) is 92.6 Å². The lowest BCUT2D eigenvalue weighted by molar-refractivity contribution is 0.00691. The van der Waals surface area contributed by atoms with Gasteiger partial charge in [0.15, 0.2) is 69.8 Å². The van der Waals surface area contributed by atoms with Crippen molar-refractivity contribution in [3.05, 3.63) is 243 Å². The van der Waals surface area contributed by atoms with Gasteiger partial charge in [-0.15, -0.1) is 21.9 Å². The number of hydrogen-bond acceptors (Lipinski definition) is 3. The molecule has 0 saturated carbocycles. The number of benzene rings is 8. The topological polar surface area (TPSA) is 43.4 Å². The first kappa shape index (κ1) is 59.7. The summed E-state index contributed by atoms with van der Waals surface area (Å²) in [4.78, 5) is 26.2. The number of ether oxygens (including phenoxy) is 1. The van der Waals surface area contributed by atoms with Crippen LogP contribution >= 0.6 is 7.26 Å². The van der Waals surface area contributed by atoms with Crippen LogP contribution in [0.1, 0.15) is 41.5 Å². The maximum atomic E-state index is 15.4. The molecule has 8 rings (SSSR count). The number of halogens is 20. The third-order valence-corrected chi connectivity index (χ3v) is 16.8. The molecule has 0 atom stereocenters. The van der Waals surface area contributed by atoms with E-state index in [0.717, 1.165) is 15.9 Å². The lowest BCUT2D eigenvalue weighted by Gasteiger charge is -2.44. The van der Waals surface area contributed by atoms with Crippen LogP contribution in [0.25, 0.3) is 0 Å². The maximum Gasteiger partial charge on any atom is 0.338 e. The van der Waals surface area contributed by atoms with Crippen molar-refractivity contribution in [2.75, 3.05) is 6.16 Å². The van der Waals surface area contributed by atoms with E-state index in [4.69, 9.17) is 4.74 Å². The zero-order valence-corrected chi connectivity index (χ0v) is 41.4. The lowest BCUT2D eigenvalue weighted by Crippen LogP contribution is -2.81. The van der Waals surface area contributed by atoms with Crippen LogP contribution < -0.4 is 37.8 Å². The lowest BCUT2D eigenvalue weighted by atomic mass is 9.12. The van der Waals surface area contributed by atoms with E-state index in [0.29, 0.717) is 17.3 Å². The van der Waals surface area contributed by atoms with Crippen LogP contribution in [-0.4, -0.2) is 29.7 Å². The number of Topliss-reactive ketones (excluding diaryl/α,β-unsaturated/α-hetero) is 1. The van der Waals surface area contributed by atoms with Gasteiger partial charge in [0.25, 0.3) is 0 Å². The molecule has 0 aliphatic heterocycles. The van der Waals surface area contributed by atoms with E-state index in [1.165, 1.54) is 0 Å². The van der Waals surface area contributed by atoms with Crippen molar-refractivity contribution < 1.29 is 102 Å². The van der Waals surface area contributed by atoms with Gasteiger partial charge in [-0.05, 0) is 69.3 Å². The first-order chi connectivity index (χ1) is 37.5. The molecule has 0 aliphatic carbocycles. The second-order valence-corrected chi connectivity index (χ2v) is 21.8. The summed E-state index contributed by atoms with van der Waals surface area (Å²) in [6, 6.07) is 37.9. The highest BCUT2D eigenvalue weighted by Gasteiger charge is 2.53. The highest BCUT2D eigenvalue weighted by atomic mass is 31.2. The van der Waals surface area contributed by atoms with E-state index in [1.807, 2.05) is 75.4 Å². The molecular weight excluding hydrogens is 1130 g/mol. The molecule has 0 spiro atoms. The Bertz CT molecular complexity index is 3260. The second kappa shape index (κ2) is 22.6. The molecule has 0 radical (unpaired) electrons. The van der Waals surface area contributed by atoms with Crippen LogP contribution in [0.2, 0.25) is 0 Å². The van der Waals surface area contributed by atoms with E-state index in [-0.39, 0.29) is 5.78 Å². The van der Waals surface area contributed by atoms with E-state index in [2.05, 4.69) is 36.4 Å². The molecule has 0 unspecified atom stereocenters. The molecule has 25 heteroatoms. The summed E-state index contributed by atoms with van der Waals surface area (Å²) >= 11 is 0. The fraction of sp³-hybridized carbons (Fsp3) is 0.0909. The van der Waals surface area contributed by atoms with Gasteiger partial charge in [0.2, 0.25) is 5.78 Å². The van der Waals surface area contributed by atoms with Crippen molar-refractivity contribution in [3.8, 4) is 0 Å². The average molecular weight is 1160 g/mol. The Morgan fingerprint density at radius 1 is 0.338 bits per heavy atom. The summed E-state index contributed by atoms with van der Waals surface area (Å²) in [6.45, 7) is 5.51. The molecule has 0 aliphatic rings. The Labute approximate surface area is 439 Å². The van der Waals surface area contributed by atoms with Crippen molar-refractivity contribution in [1.29, 1.82) is 0 Å². The summed E-state index contributed by atoms with van der Waals surface area (Å²) < 4.78 is 299. The Kier molecular flexibility index (Phi) is 16.9. The molecule has 0 N–H and O–H groups in total. The van der Waals surface area contributed by atoms with Crippen LogP contribution in [-0.2, 0) is 4.74 Å². The van der Waals surface area contributed by atoms with Gasteiger partial charge in [0.1, 0.15) is 87.6 Å². The van der Waals surface area contributed by atoms with Gasteiger partial charge in [-0.2, -0.15) is 0 Å². The fourth-order valence-corrected chi connectivity index (χ4v) is 13.2. The predicted molar refractivity (Wildman–Crippen MR) is 255 cm³/mol. The monoisotopic (exact) mass is 1160 g/mol. The maximum absolute atomic E-state index is 15.4. The number of carbonyl (C=O) groups excluding carboxylic acids is 2. The number of rotatable bonds is 11. The number of carbonyl (C=O) groups is 2.